The van der Waals surface area contributed by atoms with Crippen LogP contribution in [-0.4, -0.2) is 83.5 Å². The Balaban J connectivity index is 1.09. The second kappa shape index (κ2) is 15.6. The van der Waals surface area contributed by atoms with Crippen LogP contribution in [0.2, 0.25) is 5.02 Å². The summed E-state index contributed by atoms with van der Waals surface area (Å²) in [5.74, 6) is 7.17. The van der Waals surface area contributed by atoms with Gasteiger partial charge in [0.15, 0.2) is 5.82 Å². The summed E-state index contributed by atoms with van der Waals surface area (Å²) in [4.78, 5) is 37.2. The number of rotatable bonds is 9. The number of carbonyl (C=O) groups excluding carboxylic acids is 2. The number of nitrogens with two attached hydrogens (primary N) is 1. The van der Waals surface area contributed by atoms with Crippen LogP contribution < -0.4 is 21.3 Å². The first-order valence-electron chi connectivity index (χ1n) is 16.8. The lowest BCUT2D eigenvalue weighted by molar-refractivity contribution is -0.122. The molecular weight excluding hydrogens is 670 g/mol. The van der Waals surface area contributed by atoms with Gasteiger partial charge in [0.05, 0.1) is 24.4 Å². The third kappa shape index (κ3) is 7.76. The average molecular weight is 712 g/mol. The highest BCUT2D eigenvalue weighted by Crippen LogP contribution is 2.39. The number of aryl methyl sites for hydroxylation is 2. The van der Waals surface area contributed by atoms with Crippen molar-refractivity contribution >= 4 is 51.8 Å². The van der Waals surface area contributed by atoms with E-state index in [-0.39, 0.29) is 31.2 Å². The number of hydrogen-bond donors (Lipinski definition) is 3. The maximum Gasteiger partial charge on any atom is 0.224 e. The molecule has 2 aromatic carbocycles. The molecule has 6 rings (SSSR count). The number of piperazine rings is 1. The first kappa shape index (κ1) is 35.3. The lowest BCUT2D eigenvalue weighted by atomic mass is 9.99. The van der Waals surface area contributed by atoms with E-state index in [0.717, 1.165) is 70.7 Å². The van der Waals surface area contributed by atoms with E-state index in [1.807, 2.05) is 54.0 Å². The number of thiophene rings is 1. The van der Waals surface area contributed by atoms with Gasteiger partial charge in [-0.15, -0.1) is 21.5 Å². The molecule has 4 aromatic rings. The third-order valence-electron chi connectivity index (χ3n) is 9.09. The number of anilines is 2. The van der Waals surface area contributed by atoms with Gasteiger partial charge in [0, 0.05) is 71.4 Å². The van der Waals surface area contributed by atoms with Crippen LogP contribution in [0.1, 0.15) is 64.1 Å². The molecule has 0 radical (unpaired) electrons. The summed E-state index contributed by atoms with van der Waals surface area (Å²) in [7, 11) is 2.12. The van der Waals surface area contributed by atoms with Gasteiger partial charge in [-0.2, -0.15) is 0 Å². The molecule has 1 fully saturated rings. The number of fused-ring (bicyclic) bond motifs is 3. The number of nitrogens with zero attached hydrogens (tertiary/aromatic N) is 6. The Kier molecular flexibility index (Phi) is 11.0. The summed E-state index contributed by atoms with van der Waals surface area (Å²) in [5, 5.41) is 16.5. The zero-order chi connectivity index (χ0) is 35.4. The van der Waals surface area contributed by atoms with Crippen molar-refractivity contribution in [2.45, 2.75) is 46.1 Å². The Bertz CT molecular complexity index is 1980. The fourth-order valence-electron chi connectivity index (χ4n) is 6.26. The van der Waals surface area contributed by atoms with Gasteiger partial charge < -0.3 is 26.2 Å². The molecule has 11 nitrogen and oxygen atoms in total. The van der Waals surface area contributed by atoms with Crippen molar-refractivity contribution in [2.75, 3.05) is 56.5 Å². The van der Waals surface area contributed by atoms with Crippen LogP contribution in [0.3, 0.4) is 0 Å². The molecule has 0 unspecified atom stereocenters. The Morgan fingerprint density at radius 1 is 1.04 bits per heavy atom. The van der Waals surface area contributed by atoms with Gasteiger partial charge in [-0.05, 0) is 70.1 Å². The van der Waals surface area contributed by atoms with Crippen LogP contribution >= 0.6 is 22.9 Å². The van der Waals surface area contributed by atoms with Gasteiger partial charge in [0.25, 0.3) is 0 Å². The molecule has 0 aliphatic carbocycles. The molecule has 2 aliphatic rings. The smallest absolute Gasteiger partial charge is 0.224 e. The van der Waals surface area contributed by atoms with Crippen LogP contribution in [0.4, 0.5) is 11.4 Å². The normalized spacial score (nSPS) is 15.7. The van der Waals surface area contributed by atoms with Crippen LogP contribution in [0, 0.1) is 32.6 Å². The van der Waals surface area contributed by atoms with E-state index in [4.69, 9.17) is 22.3 Å². The maximum atomic E-state index is 13.3. The molecule has 4 heterocycles. The summed E-state index contributed by atoms with van der Waals surface area (Å²) in [5.41, 5.74) is 12.1. The Labute approximate surface area is 301 Å². The minimum absolute atomic E-state index is 0.0840. The van der Waals surface area contributed by atoms with Gasteiger partial charge in [0.1, 0.15) is 16.9 Å². The maximum absolute atomic E-state index is 13.3. The van der Waals surface area contributed by atoms with Crippen molar-refractivity contribution < 1.29 is 9.59 Å². The van der Waals surface area contributed by atoms with E-state index in [0.29, 0.717) is 29.5 Å². The van der Waals surface area contributed by atoms with Crippen molar-refractivity contribution in [3.8, 4) is 16.8 Å². The number of amides is 2. The highest BCUT2D eigenvalue weighted by molar-refractivity contribution is 7.15. The lowest BCUT2D eigenvalue weighted by Crippen LogP contribution is -2.44. The standard InChI is InChI=1S/C37H42ClN9O2S/c1-23-24(2)50-37-34(23)35(26-9-11-28(38)12-10-26)42-30(36-44-43-25(3)47(36)37)22-33(49)40-16-6-8-32(48)41-29-13-14-31(27(21-29)7-5-15-39)46-19-17-45(4)18-20-46/h9-14,21,30H,6,8,15-20,22,39H2,1-4H3,(H,40,49)(H,41,48)/t30-/m0/s1. The van der Waals surface area contributed by atoms with E-state index in [9.17, 15) is 9.59 Å². The van der Waals surface area contributed by atoms with Crippen LogP contribution in [0.15, 0.2) is 47.5 Å². The summed E-state index contributed by atoms with van der Waals surface area (Å²) >= 11 is 7.89. The van der Waals surface area contributed by atoms with Crippen molar-refractivity contribution in [2.24, 2.45) is 10.7 Å². The molecule has 2 amide bonds. The molecule has 2 aliphatic heterocycles. The number of hydrogen-bond acceptors (Lipinski definition) is 9. The zero-order valence-corrected chi connectivity index (χ0v) is 30.4. The molecule has 0 spiro atoms. The SMILES string of the molecule is Cc1sc2c(c1C)C(c1ccc(Cl)cc1)=N[C@@H](CC(=O)NCCCC(=O)Nc1ccc(N3CCN(C)CC3)c(C#CCN)c1)c1nnc(C)n1-2. The number of likely N-dealkylation sites (N-methyl/N-ethyl adjacent to an activating group) is 1. The topological polar surface area (TPSA) is 134 Å². The molecule has 1 atom stereocenters. The molecule has 0 bridgehead atoms. The van der Waals surface area contributed by atoms with E-state index in [1.54, 1.807) is 11.3 Å². The number of halogens is 1. The second-order valence-corrected chi connectivity index (χ2v) is 14.3. The van der Waals surface area contributed by atoms with Crippen LogP contribution in [-0.2, 0) is 9.59 Å². The Morgan fingerprint density at radius 3 is 2.54 bits per heavy atom. The zero-order valence-electron chi connectivity index (χ0n) is 28.8. The van der Waals surface area contributed by atoms with E-state index < -0.39 is 6.04 Å². The minimum Gasteiger partial charge on any atom is -0.368 e. The third-order valence-corrected chi connectivity index (χ3v) is 10.5. The number of nitrogens with one attached hydrogen (secondary N) is 2. The molecule has 13 heteroatoms. The molecule has 0 saturated carbocycles. The lowest BCUT2D eigenvalue weighted by Gasteiger charge is -2.34. The minimum atomic E-state index is -0.560. The Morgan fingerprint density at radius 2 is 1.80 bits per heavy atom. The van der Waals surface area contributed by atoms with Crippen molar-refractivity contribution in [1.82, 2.24) is 25.0 Å². The largest absolute Gasteiger partial charge is 0.368 e. The predicted octanol–water partition coefficient (Wildman–Crippen LogP) is 4.79. The van der Waals surface area contributed by atoms with Gasteiger partial charge in [-0.3, -0.25) is 19.1 Å². The predicted molar refractivity (Wildman–Crippen MR) is 201 cm³/mol. The van der Waals surface area contributed by atoms with Gasteiger partial charge in [-0.25, -0.2) is 0 Å². The van der Waals surface area contributed by atoms with Gasteiger partial charge >= 0.3 is 0 Å². The Hall–Kier alpha value is -4.54. The highest BCUT2D eigenvalue weighted by Gasteiger charge is 2.32. The summed E-state index contributed by atoms with van der Waals surface area (Å²) in [6.07, 6.45) is 0.811. The molecule has 260 valence electrons. The fourth-order valence-corrected chi connectivity index (χ4v) is 7.60. The first-order chi connectivity index (χ1) is 24.1. The highest BCUT2D eigenvalue weighted by atomic mass is 35.5. The van der Waals surface area contributed by atoms with Crippen LogP contribution in [0.25, 0.3) is 5.00 Å². The molecule has 4 N–H and O–H groups in total. The van der Waals surface area contributed by atoms with Crippen molar-refractivity contribution in [3.63, 3.8) is 0 Å². The van der Waals surface area contributed by atoms with E-state index >= 15 is 0 Å². The van der Waals surface area contributed by atoms with E-state index in [1.165, 1.54) is 4.88 Å². The number of aliphatic imine (C=N–C) groups is 1. The number of carbonyl (C=O) groups is 2. The quantitative estimate of drug-likeness (QED) is 0.168. The average Bonchev–Trinajstić information content (AvgIpc) is 3.58. The molecular formula is C37H42ClN9O2S. The number of aromatic nitrogens is 3. The first-order valence-corrected chi connectivity index (χ1v) is 18.0. The fraction of sp³-hybridized carbons (Fsp3) is 0.378. The molecule has 1 saturated heterocycles. The van der Waals surface area contributed by atoms with Gasteiger partial charge in [0.2, 0.25) is 11.8 Å². The van der Waals surface area contributed by atoms with Crippen molar-refractivity contribution in [3.05, 3.63) is 86.3 Å². The van der Waals surface area contributed by atoms with Gasteiger partial charge in [-0.1, -0.05) is 35.6 Å². The number of benzene rings is 2. The molecule has 2 aromatic heterocycles. The van der Waals surface area contributed by atoms with E-state index in [2.05, 4.69) is 63.4 Å². The molecule has 50 heavy (non-hydrogen) atoms. The summed E-state index contributed by atoms with van der Waals surface area (Å²) in [6, 6.07) is 12.9. The van der Waals surface area contributed by atoms with Crippen molar-refractivity contribution in [1.29, 1.82) is 0 Å². The summed E-state index contributed by atoms with van der Waals surface area (Å²) < 4.78 is 2.03. The monoisotopic (exact) mass is 711 g/mol. The second-order valence-electron chi connectivity index (χ2n) is 12.6. The summed E-state index contributed by atoms with van der Waals surface area (Å²) in [6.45, 7) is 10.5. The van der Waals surface area contributed by atoms with Crippen LogP contribution in [0.5, 0.6) is 0 Å².